The van der Waals surface area contributed by atoms with Gasteiger partial charge in [0, 0.05) is 26.2 Å². The van der Waals surface area contributed by atoms with Gasteiger partial charge in [-0.05, 0) is 39.2 Å². The number of amides is 1. The van der Waals surface area contributed by atoms with Crippen LogP contribution in [0.2, 0.25) is 0 Å². The Balaban J connectivity index is 1.89. The number of piperidine rings is 1. The van der Waals surface area contributed by atoms with Crippen LogP contribution in [0.3, 0.4) is 0 Å². The Morgan fingerprint density at radius 3 is 3.06 bits per heavy atom. The van der Waals surface area contributed by atoms with Crippen molar-refractivity contribution in [3.8, 4) is 0 Å². The zero-order chi connectivity index (χ0) is 13.0. The molecule has 2 heterocycles. The van der Waals surface area contributed by atoms with Crippen LogP contribution in [0.1, 0.15) is 39.5 Å². The quantitative estimate of drug-likeness (QED) is 0.824. The van der Waals surface area contributed by atoms with E-state index < -0.39 is 0 Å². The normalized spacial score (nSPS) is 32.8. The molecule has 1 amide bonds. The van der Waals surface area contributed by atoms with Gasteiger partial charge in [-0.1, -0.05) is 6.92 Å². The molecule has 0 aromatic rings. The van der Waals surface area contributed by atoms with Gasteiger partial charge in [0.15, 0.2) is 0 Å². The Morgan fingerprint density at radius 1 is 1.56 bits per heavy atom. The number of likely N-dealkylation sites (tertiary alicyclic amines) is 1. The van der Waals surface area contributed by atoms with Crippen molar-refractivity contribution in [1.82, 2.24) is 10.2 Å². The summed E-state index contributed by atoms with van der Waals surface area (Å²) in [6.07, 6.45) is 4.43. The molecule has 18 heavy (non-hydrogen) atoms. The first kappa shape index (κ1) is 13.8. The third-order valence-electron chi connectivity index (χ3n) is 4.11. The van der Waals surface area contributed by atoms with E-state index in [1.807, 2.05) is 4.90 Å². The van der Waals surface area contributed by atoms with Gasteiger partial charge in [0.1, 0.15) is 0 Å². The lowest BCUT2D eigenvalue weighted by Gasteiger charge is -2.37. The molecular formula is C14H26N2O2. The number of carbonyl (C=O) groups excluding carboxylic acids is 1. The van der Waals surface area contributed by atoms with Crippen molar-refractivity contribution in [2.24, 2.45) is 5.41 Å². The van der Waals surface area contributed by atoms with Crippen LogP contribution in [0.4, 0.5) is 0 Å². The first-order valence-corrected chi connectivity index (χ1v) is 7.27. The first-order chi connectivity index (χ1) is 8.65. The lowest BCUT2D eigenvalue weighted by atomic mass is 9.87. The molecule has 0 spiro atoms. The monoisotopic (exact) mass is 254 g/mol. The highest BCUT2D eigenvalue weighted by atomic mass is 16.5. The minimum Gasteiger partial charge on any atom is -0.376 e. The van der Waals surface area contributed by atoms with Crippen molar-refractivity contribution in [2.45, 2.75) is 45.6 Å². The maximum absolute atomic E-state index is 12.6. The predicted molar refractivity (Wildman–Crippen MR) is 71.4 cm³/mol. The van der Waals surface area contributed by atoms with E-state index in [1.54, 1.807) is 0 Å². The van der Waals surface area contributed by atoms with Gasteiger partial charge >= 0.3 is 0 Å². The van der Waals surface area contributed by atoms with Gasteiger partial charge in [0.05, 0.1) is 11.5 Å². The largest absolute Gasteiger partial charge is 0.376 e. The molecular weight excluding hydrogens is 228 g/mol. The average molecular weight is 254 g/mol. The van der Waals surface area contributed by atoms with E-state index in [0.717, 1.165) is 58.5 Å². The molecule has 2 saturated heterocycles. The van der Waals surface area contributed by atoms with Crippen LogP contribution in [0.5, 0.6) is 0 Å². The molecule has 4 heteroatoms. The van der Waals surface area contributed by atoms with E-state index in [1.165, 1.54) is 0 Å². The van der Waals surface area contributed by atoms with Crippen molar-refractivity contribution in [2.75, 3.05) is 32.8 Å². The van der Waals surface area contributed by atoms with E-state index in [2.05, 4.69) is 19.2 Å². The number of carbonyl (C=O) groups is 1. The SMILES string of the molecule is CCCOC1CCCN(C(=O)C2(C)CCNC2)C1. The molecule has 2 fully saturated rings. The second kappa shape index (κ2) is 6.02. The lowest BCUT2D eigenvalue weighted by Crippen LogP contribution is -2.49. The van der Waals surface area contributed by atoms with Gasteiger partial charge in [-0.3, -0.25) is 4.79 Å². The van der Waals surface area contributed by atoms with E-state index in [4.69, 9.17) is 4.74 Å². The van der Waals surface area contributed by atoms with Gasteiger partial charge in [-0.15, -0.1) is 0 Å². The van der Waals surface area contributed by atoms with Crippen LogP contribution >= 0.6 is 0 Å². The summed E-state index contributed by atoms with van der Waals surface area (Å²) in [5.41, 5.74) is -0.188. The fraction of sp³-hybridized carbons (Fsp3) is 0.929. The van der Waals surface area contributed by atoms with Crippen LogP contribution in [-0.2, 0) is 9.53 Å². The van der Waals surface area contributed by atoms with E-state index in [0.29, 0.717) is 5.91 Å². The summed E-state index contributed by atoms with van der Waals surface area (Å²) < 4.78 is 5.80. The van der Waals surface area contributed by atoms with Gasteiger partial charge in [0.2, 0.25) is 5.91 Å². The Kier molecular flexibility index (Phi) is 4.62. The van der Waals surface area contributed by atoms with Gasteiger partial charge < -0.3 is 15.0 Å². The first-order valence-electron chi connectivity index (χ1n) is 7.27. The third kappa shape index (κ3) is 3.04. The van der Waals surface area contributed by atoms with Crippen molar-refractivity contribution >= 4 is 5.91 Å². The molecule has 2 atom stereocenters. The molecule has 4 nitrogen and oxygen atoms in total. The summed E-state index contributed by atoms with van der Waals surface area (Å²) in [6.45, 7) is 8.50. The van der Waals surface area contributed by atoms with E-state index in [9.17, 15) is 4.79 Å². The van der Waals surface area contributed by atoms with E-state index >= 15 is 0 Å². The molecule has 2 aliphatic rings. The van der Waals surface area contributed by atoms with Crippen LogP contribution in [0.15, 0.2) is 0 Å². The summed E-state index contributed by atoms with van der Waals surface area (Å²) in [4.78, 5) is 14.6. The van der Waals surface area contributed by atoms with Crippen molar-refractivity contribution < 1.29 is 9.53 Å². The number of ether oxygens (including phenoxy) is 1. The van der Waals surface area contributed by atoms with Gasteiger partial charge in [0.25, 0.3) is 0 Å². The smallest absolute Gasteiger partial charge is 0.229 e. The minimum absolute atomic E-state index is 0.188. The molecule has 0 aliphatic carbocycles. The summed E-state index contributed by atoms with van der Waals surface area (Å²) in [5, 5.41) is 3.30. The summed E-state index contributed by atoms with van der Waals surface area (Å²) in [5.74, 6) is 0.317. The zero-order valence-corrected chi connectivity index (χ0v) is 11.7. The van der Waals surface area contributed by atoms with Crippen LogP contribution in [0, 0.1) is 5.41 Å². The fourth-order valence-electron chi connectivity index (χ4n) is 2.92. The maximum atomic E-state index is 12.6. The van der Waals surface area contributed by atoms with Crippen LogP contribution in [0.25, 0.3) is 0 Å². The van der Waals surface area contributed by atoms with Crippen LogP contribution < -0.4 is 5.32 Å². The Morgan fingerprint density at radius 2 is 2.39 bits per heavy atom. The number of hydrogen-bond acceptors (Lipinski definition) is 3. The Labute approximate surface area is 110 Å². The maximum Gasteiger partial charge on any atom is 0.229 e. The lowest BCUT2D eigenvalue weighted by molar-refractivity contribution is -0.144. The van der Waals surface area contributed by atoms with Crippen molar-refractivity contribution in [3.05, 3.63) is 0 Å². The average Bonchev–Trinajstić information content (AvgIpc) is 2.84. The molecule has 104 valence electrons. The summed E-state index contributed by atoms with van der Waals surface area (Å²) >= 11 is 0. The van der Waals surface area contributed by atoms with Crippen LogP contribution in [-0.4, -0.2) is 49.7 Å². The number of nitrogens with one attached hydrogen (secondary N) is 1. The molecule has 2 rings (SSSR count). The number of nitrogens with zero attached hydrogens (tertiary/aromatic N) is 1. The van der Waals surface area contributed by atoms with Crippen molar-refractivity contribution in [3.63, 3.8) is 0 Å². The highest BCUT2D eigenvalue weighted by Gasteiger charge is 2.40. The predicted octanol–water partition coefficient (Wildman–Crippen LogP) is 1.40. The second-order valence-electron chi connectivity index (χ2n) is 5.87. The summed E-state index contributed by atoms with van der Waals surface area (Å²) in [7, 11) is 0. The molecule has 1 N–H and O–H groups in total. The summed E-state index contributed by atoms with van der Waals surface area (Å²) in [6, 6.07) is 0. The molecule has 0 bridgehead atoms. The van der Waals surface area contributed by atoms with Gasteiger partial charge in [-0.25, -0.2) is 0 Å². The molecule has 0 aromatic carbocycles. The standard InChI is InChI=1S/C14H26N2O2/c1-3-9-18-12-5-4-8-16(10-12)13(17)14(2)6-7-15-11-14/h12,15H,3-11H2,1-2H3. The fourth-order valence-corrected chi connectivity index (χ4v) is 2.92. The Hall–Kier alpha value is -0.610. The topological polar surface area (TPSA) is 41.6 Å². The molecule has 2 unspecified atom stereocenters. The minimum atomic E-state index is -0.188. The highest BCUT2D eigenvalue weighted by molar-refractivity contribution is 5.83. The van der Waals surface area contributed by atoms with E-state index in [-0.39, 0.29) is 11.5 Å². The molecule has 0 aromatic heterocycles. The zero-order valence-electron chi connectivity index (χ0n) is 11.7. The highest BCUT2D eigenvalue weighted by Crippen LogP contribution is 2.29. The number of hydrogen-bond donors (Lipinski definition) is 1. The Bertz CT molecular complexity index is 288. The third-order valence-corrected chi connectivity index (χ3v) is 4.11. The molecule has 0 radical (unpaired) electrons. The van der Waals surface area contributed by atoms with Gasteiger partial charge in [-0.2, -0.15) is 0 Å². The van der Waals surface area contributed by atoms with Crippen molar-refractivity contribution in [1.29, 1.82) is 0 Å². The number of rotatable bonds is 4. The molecule has 2 aliphatic heterocycles. The molecule has 0 saturated carbocycles. The second-order valence-corrected chi connectivity index (χ2v) is 5.87.